The molecule has 114 valence electrons. The molecular formula is C16H21NO4. The number of piperidine rings is 1. The van der Waals surface area contributed by atoms with Crippen molar-refractivity contribution in [1.82, 2.24) is 4.90 Å². The minimum absolute atomic E-state index is 0.216. The van der Waals surface area contributed by atoms with Crippen LogP contribution in [0.1, 0.15) is 35.7 Å². The van der Waals surface area contributed by atoms with E-state index in [1.54, 1.807) is 25.3 Å². The van der Waals surface area contributed by atoms with Gasteiger partial charge in [-0.15, -0.1) is 0 Å². The summed E-state index contributed by atoms with van der Waals surface area (Å²) in [6, 6.07) is 6.44. The molecular weight excluding hydrogens is 270 g/mol. The average molecular weight is 291 g/mol. The van der Waals surface area contributed by atoms with Crippen LogP contribution in [-0.4, -0.2) is 41.6 Å². The Labute approximate surface area is 124 Å². The molecule has 1 aromatic rings. The van der Waals surface area contributed by atoms with Crippen LogP contribution in [0.3, 0.4) is 0 Å². The van der Waals surface area contributed by atoms with Gasteiger partial charge in [0.15, 0.2) is 0 Å². The van der Waals surface area contributed by atoms with Gasteiger partial charge in [-0.25, -0.2) is 4.79 Å². The summed E-state index contributed by atoms with van der Waals surface area (Å²) in [5, 5.41) is 9.35. The van der Waals surface area contributed by atoms with Crippen molar-refractivity contribution in [1.29, 1.82) is 0 Å². The van der Waals surface area contributed by atoms with Crippen LogP contribution < -0.4 is 0 Å². The standard InChI is InChI=1S/C16H21NO4/c1-11-6-7-17(14(8-11)16(19)20)15(18)13-5-3-4-12(9-13)10-21-2/h3-5,9,11,14H,6-8,10H2,1-2H3,(H,19,20). The van der Waals surface area contributed by atoms with E-state index in [0.717, 1.165) is 12.0 Å². The van der Waals surface area contributed by atoms with E-state index in [1.807, 2.05) is 13.0 Å². The number of nitrogens with zero attached hydrogens (tertiary/aromatic N) is 1. The van der Waals surface area contributed by atoms with Crippen LogP contribution in [0.25, 0.3) is 0 Å². The molecule has 1 heterocycles. The number of likely N-dealkylation sites (tertiary alicyclic amines) is 1. The second-order valence-corrected chi connectivity index (χ2v) is 5.62. The van der Waals surface area contributed by atoms with Crippen LogP contribution in [0.15, 0.2) is 24.3 Å². The first-order valence-electron chi connectivity index (χ1n) is 7.14. The van der Waals surface area contributed by atoms with Crippen LogP contribution in [-0.2, 0) is 16.1 Å². The number of carbonyl (C=O) groups is 2. The highest BCUT2D eigenvalue weighted by molar-refractivity contribution is 5.96. The van der Waals surface area contributed by atoms with E-state index < -0.39 is 12.0 Å². The van der Waals surface area contributed by atoms with E-state index in [9.17, 15) is 14.7 Å². The van der Waals surface area contributed by atoms with E-state index in [-0.39, 0.29) is 5.91 Å². The number of carbonyl (C=O) groups excluding carboxylic acids is 1. The van der Waals surface area contributed by atoms with Gasteiger partial charge in [-0.1, -0.05) is 19.1 Å². The Bertz CT molecular complexity index is 529. The van der Waals surface area contributed by atoms with Gasteiger partial charge >= 0.3 is 5.97 Å². The molecule has 1 saturated heterocycles. The molecule has 5 nitrogen and oxygen atoms in total. The van der Waals surface area contributed by atoms with Crippen molar-refractivity contribution in [2.45, 2.75) is 32.4 Å². The van der Waals surface area contributed by atoms with Crippen molar-refractivity contribution < 1.29 is 19.4 Å². The summed E-state index contributed by atoms with van der Waals surface area (Å²) in [5.74, 6) is -0.815. The SMILES string of the molecule is COCc1cccc(C(=O)N2CCC(C)CC2C(=O)O)c1. The Hall–Kier alpha value is -1.88. The Morgan fingerprint density at radius 2 is 2.19 bits per heavy atom. The fraction of sp³-hybridized carbons (Fsp3) is 0.500. The zero-order chi connectivity index (χ0) is 15.4. The van der Waals surface area contributed by atoms with Gasteiger partial charge in [-0.05, 0) is 36.5 Å². The van der Waals surface area contributed by atoms with Crippen molar-refractivity contribution in [2.75, 3.05) is 13.7 Å². The van der Waals surface area contributed by atoms with Crippen LogP contribution in [0, 0.1) is 5.92 Å². The topological polar surface area (TPSA) is 66.8 Å². The average Bonchev–Trinajstić information content (AvgIpc) is 2.47. The molecule has 1 aliphatic heterocycles. The van der Waals surface area contributed by atoms with Gasteiger partial charge in [-0.3, -0.25) is 4.79 Å². The zero-order valence-corrected chi connectivity index (χ0v) is 12.4. The minimum atomic E-state index is -0.928. The number of rotatable bonds is 4. The lowest BCUT2D eigenvalue weighted by atomic mass is 9.92. The minimum Gasteiger partial charge on any atom is -0.480 e. The first kappa shape index (κ1) is 15.5. The molecule has 0 spiro atoms. The smallest absolute Gasteiger partial charge is 0.326 e. The molecule has 1 aromatic carbocycles. The van der Waals surface area contributed by atoms with E-state index in [1.165, 1.54) is 4.90 Å². The molecule has 5 heteroatoms. The normalized spacial score (nSPS) is 22.1. The number of carboxylic acids is 1. The Morgan fingerprint density at radius 1 is 1.43 bits per heavy atom. The highest BCUT2D eigenvalue weighted by atomic mass is 16.5. The fourth-order valence-electron chi connectivity index (χ4n) is 2.75. The number of benzene rings is 1. The molecule has 0 saturated carbocycles. The van der Waals surface area contributed by atoms with Gasteiger partial charge in [0.1, 0.15) is 6.04 Å². The maximum atomic E-state index is 12.6. The first-order valence-corrected chi connectivity index (χ1v) is 7.14. The number of aliphatic carboxylic acids is 1. The number of carboxylic acid groups (broad SMARTS) is 1. The van der Waals surface area contributed by atoms with Gasteiger partial charge in [0, 0.05) is 19.2 Å². The van der Waals surface area contributed by atoms with Crippen molar-refractivity contribution in [3.63, 3.8) is 0 Å². The second-order valence-electron chi connectivity index (χ2n) is 5.62. The van der Waals surface area contributed by atoms with Gasteiger partial charge in [-0.2, -0.15) is 0 Å². The lowest BCUT2D eigenvalue weighted by molar-refractivity contribution is -0.144. The van der Waals surface area contributed by atoms with Gasteiger partial charge < -0.3 is 14.7 Å². The monoisotopic (exact) mass is 291 g/mol. The summed E-state index contributed by atoms with van der Waals surface area (Å²) in [6.07, 6.45) is 1.35. The summed E-state index contributed by atoms with van der Waals surface area (Å²) in [6.45, 7) is 2.95. The quantitative estimate of drug-likeness (QED) is 0.923. The lowest BCUT2D eigenvalue weighted by Crippen LogP contribution is -2.49. The maximum absolute atomic E-state index is 12.6. The van der Waals surface area contributed by atoms with Crippen LogP contribution in [0.4, 0.5) is 0 Å². The molecule has 1 N–H and O–H groups in total. The number of amides is 1. The Morgan fingerprint density at radius 3 is 2.86 bits per heavy atom. The predicted octanol–water partition coefficient (Wildman–Crippen LogP) is 2.16. The zero-order valence-electron chi connectivity index (χ0n) is 12.4. The molecule has 0 bridgehead atoms. The summed E-state index contributed by atoms with van der Waals surface area (Å²) >= 11 is 0. The predicted molar refractivity (Wildman–Crippen MR) is 78.0 cm³/mol. The molecule has 2 unspecified atom stereocenters. The fourth-order valence-corrected chi connectivity index (χ4v) is 2.75. The van der Waals surface area contributed by atoms with E-state index in [4.69, 9.17) is 4.74 Å². The largest absolute Gasteiger partial charge is 0.480 e. The third kappa shape index (κ3) is 3.61. The molecule has 2 atom stereocenters. The van der Waals surface area contributed by atoms with E-state index >= 15 is 0 Å². The summed E-state index contributed by atoms with van der Waals surface area (Å²) in [4.78, 5) is 25.5. The number of methoxy groups -OCH3 is 1. The molecule has 0 aromatic heterocycles. The van der Waals surface area contributed by atoms with Crippen molar-refractivity contribution in [3.8, 4) is 0 Å². The van der Waals surface area contributed by atoms with E-state index in [0.29, 0.717) is 31.1 Å². The second kappa shape index (κ2) is 6.72. The molecule has 0 aliphatic carbocycles. The molecule has 0 radical (unpaired) electrons. The van der Waals surface area contributed by atoms with Crippen molar-refractivity contribution in [3.05, 3.63) is 35.4 Å². The highest BCUT2D eigenvalue weighted by Gasteiger charge is 2.35. The van der Waals surface area contributed by atoms with Gasteiger partial charge in [0.25, 0.3) is 5.91 Å². The Kier molecular flexibility index (Phi) is 4.96. The third-order valence-corrected chi connectivity index (χ3v) is 3.90. The summed E-state index contributed by atoms with van der Waals surface area (Å²) < 4.78 is 5.06. The van der Waals surface area contributed by atoms with Crippen molar-refractivity contribution in [2.24, 2.45) is 5.92 Å². The van der Waals surface area contributed by atoms with E-state index in [2.05, 4.69) is 0 Å². The number of ether oxygens (including phenoxy) is 1. The lowest BCUT2D eigenvalue weighted by Gasteiger charge is -2.36. The number of hydrogen-bond donors (Lipinski definition) is 1. The highest BCUT2D eigenvalue weighted by Crippen LogP contribution is 2.24. The summed E-state index contributed by atoms with van der Waals surface area (Å²) in [7, 11) is 1.60. The Balaban J connectivity index is 2.21. The van der Waals surface area contributed by atoms with Gasteiger partial charge in [0.2, 0.25) is 0 Å². The van der Waals surface area contributed by atoms with Crippen LogP contribution in [0.5, 0.6) is 0 Å². The molecule has 1 aliphatic rings. The van der Waals surface area contributed by atoms with Crippen LogP contribution >= 0.6 is 0 Å². The third-order valence-electron chi connectivity index (χ3n) is 3.90. The molecule has 21 heavy (non-hydrogen) atoms. The number of hydrogen-bond acceptors (Lipinski definition) is 3. The van der Waals surface area contributed by atoms with Crippen LogP contribution in [0.2, 0.25) is 0 Å². The first-order chi connectivity index (χ1) is 10.0. The van der Waals surface area contributed by atoms with Gasteiger partial charge in [0.05, 0.1) is 6.61 Å². The molecule has 1 fully saturated rings. The molecule has 2 rings (SSSR count). The molecule has 1 amide bonds. The maximum Gasteiger partial charge on any atom is 0.326 e. The summed E-state index contributed by atoms with van der Waals surface area (Å²) in [5.41, 5.74) is 1.42. The van der Waals surface area contributed by atoms with Crippen molar-refractivity contribution >= 4 is 11.9 Å².